The number of hydrogen-bond acceptors (Lipinski definition) is 4. The molecule has 1 saturated heterocycles. The fourth-order valence-electron chi connectivity index (χ4n) is 3.48. The van der Waals surface area contributed by atoms with Gasteiger partial charge in [0.15, 0.2) is 5.78 Å². The van der Waals surface area contributed by atoms with Gasteiger partial charge in [-0.1, -0.05) is 42.5 Å². The Morgan fingerprint density at radius 3 is 2.67 bits per heavy atom. The first-order chi connectivity index (χ1) is 11.8. The van der Waals surface area contributed by atoms with E-state index in [1.54, 1.807) is 6.20 Å². The second-order valence-corrected chi connectivity index (χ2v) is 6.59. The first-order valence-electron chi connectivity index (χ1n) is 8.67. The van der Waals surface area contributed by atoms with Crippen molar-refractivity contribution in [3.63, 3.8) is 0 Å². The molecule has 2 aromatic rings. The second-order valence-electron chi connectivity index (χ2n) is 6.59. The van der Waals surface area contributed by atoms with Gasteiger partial charge in [0, 0.05) is 25.7 Å². The molecule has 0 radical (unpaired) electrons. The molecule has 4 rings (SSSR count). The van der Waals surface area contributed by atoms with Crippen molar-refractivity contribution >= 4 is 17.8 Å². The highest BCUT2D eigenvalue weighted by molar-refractivity contribution is 5.98. The van der Waals surface area contributed by atoms with Crippen molar-refractivity contribution in [2.24, 2.45) is 5.92 Å². The number of fused-ring (bicyclic) bond motifs is 1. The Kier molecular flexibility index (Phi) is 4.11. The molecule has 1 fully saturated rings. The van der Waals surface area contributed by atoms with E-state index in [0.717, 1.165) is 36.7 Å². The average molecular weight is 319 g/mol. The molecule has 1 atom stereocenters. The fourth-order valence-corrected chi connectivity index (χ4v) is 3.48. The van der Waals surface area contributed by atoms with Gasteiger partial charge in [0.25, 0.3) is 0 Å². The molecular weight excluding hydrogens is 298 g/mol. The lowest BCUT2D eigenvalue weighted by molar-refractivity contribution is 0.0957. The van der Waals surface area contributed by atoms with E-state index in [-0.39, 0.29) is 11.7 Å². The van der Waals surface area contributed by atoms with E-state index in [1.165, 1.54) is 12.8 Å². The molecule has 0 N–H and O–H groups in total. The number of carbonyl (C=O) groups is 1. The minimum absolute atomic E-state index is 0.159. The van der Waals surface area contributed by atoms with Crippen LogP contribution in [-0.2, 0) is 6.42 Å². The van der Waals surface area contributed by atoms with Crippen LogP contribution in [0.15, 0.2) is 42.6 Å². The van der Waals surface area contributed by atoms with Crippen LogP contribution in [0.4, 0.5) is 5.95 Å². The summed E-state index contributed by atoms with van der Waals surface area (Å²) in [7, 11) is 0. The molecule has 1 aromatic heterocycles. The molecule has 2 heterocycles. The normalized spacial score (nSPS) is 20.6. The number of benzene rings is 1. The fraction of sp³-hybridized carbons (Fsp3) is 0.350. The zero-order chi connectivity index (χ0) is 16.4. The van der Waals surface area contributed by atoms with Crippen LogP contribution in [0, 0.1) is 5.92 Å². The standard InChI is InChI=1S/C20H21N3O/c24-19-13-16(9-8-15-6-2-1-3-7-15)12-18-17(19)14-21-20(22-18)23-10-4-5-11-23/h1-3,6-9,14,16H,4-5,10-13H2/b9-8+/t16-/m1/s1. The van der Waals surface area contributed by atoms with E-state index in [2.05, 4.69) is 34.2 Å². The Balaban J connectivity index is 1.55. The number of ketones is 1. The lowest BCUT2D eigenvalue weighted by Crippen LogP contribution is -2.25. The van der Waals surface area contributed by atoms with Crippen molar-refractivity contribution in [2.45, 2.75) is 25.7 Å². The minimum Gasteiger partial charge on any atom is -0.341 e. The van der Waals surface area contributed by atoms with Crippen LogP contribution < -0.4 is 4.90 Å². The molecule has 0 bridgehead atoms. The van der Waals surface area contributed by atoms with Gasteiger partial charge < -0.3 is 4.90 Å². The van der Waals surface area contributed by atoms with Gasteiger partial charge in [-0.05, 0) is 30.7 Å². The smallest absolute Gasteiger partial charge is 0.225 e. The molecular formula is C20H21N3O. The van der Waals surface area contributed by atoms with Crippen LogP contribution in [0.1, 0.15) is 40.9 Å². The molecule has 0 unspecified atom stereocenters. The minimum atomic E-state index is 0.159. The van der Waals surface area contributed by atoms with Crippen LogP contribution >= 0.6 is 0 Å². The predicted molar refractivity (Wildman–Crippen MR) is 95.1 cm³/mol. The van der Waals surface area contributed by atoms with Gasteiger partial charge in [0.05, 0.1) is 11.3 Å². The molecule has 1 aliphatic heterocycles. The van der Waals surface area contributed by atoms with Gasteiger partial charge in [-0.15, -0.1) is 0 Å². The van der Waals surface area contributed by atoms with Crippen molar-refractivity contribution in [3.8, 4) is 0 Å². The molecule has 4 heteroatoms. The summed E-state index contributed by atoms with van der Waals surface area (Å²) in [5, 5.41) is 0. The molecule has 4 nitrogen and oxygen atoms in total. The highest BCUT2D eigenvalue weighted by Gasteiger charge is 2.26. The second kappa shape index (κ2) is 6.56. The van der Waals surface area contributed by atoms with E-state index in [1.807, 2.05) is 18.2 Å². The summed E-state index contributed by atoms with van der Waals surface area (Å²) in [6, 6.07) is 10.2. The summed E-state index contributed by atoms with van der Waals surface area (Å²) < 4.78 is 0. The summed E-state index contributed by atoms with van der Waals surface area (Å²) >= 11 is 0. The number of hydrogen-bond donors (Lipinski definition) is 0. The number of carbonyl (C=O) groups excluding carboxylic acids is 1. The Hall–Kier alpha value is -2.49. The first-order valence-corrected chi connectivity index (χ1v) is 8.67. The van der Waals surface area contributed by atoms with Gasteiger partial charge in [-0.3, -0.25) is 4.79 Å². The van der Waals surface area contributed by atoms with Gasteiger partial charge in [0.2, 0.25) is 5.95 Å². The predicted octanol–water partition coefficient (Wildman–Crippen LogP) is 3.54. The molecule has 0 amide bonds. The van der Waals surface area contributed by atoms with Crippen molar-refractivity contribution in [1.82, 2.24) is 9.97 Å². The molecule has 0 saturated carbocycles. The van der Waals surface area contributed by atoms with Crippen LogP contribution in [0.3, 0.4) is 0 Å². The van der Waals surface area contributed by atoms with Crippen molar-refractivity contribution in [1.29, 1.82) is 0 Å². The number of rotatable bonds is 3. The summed E-state index contributed by atoms with van der Waals surface area (Å²) in [6.45, 7) is 2.04. The van der Waals surface area contributed by atoms with Crippen LogP contribution in [0.25, 0.3) is 6.08 Å². The van der Waals surface area contributed by atoms with Gasteiger partial charge in [-0.2, -0.15) is 0 Å². The monoisotopic (exact) mass is 319 g/mol. The van der Waals surface area contributed by atoms with Gasteiger partial charge >= 0.3 is 0 Å². The van der Waals surface area contributed by atoms with E-state index in [4.69, 9.17) is 4.98 Å². The third-order valence-electron chi connectivity index (χ3n) is 4.81. The molecule has 24 heavy (non-hydrogen) atoms. The van der Waals surface area contributed by atoms with E-state index >= 15 is 0 Å². The number of aromatic nitrogens is 2. The molecule has 1 aromatic carbocycles. The summed E-state index contributed by atoms with van der Waals surface area (Å²) in [4.78, 5) is 23.8. The highest BCUT2D eigenvalue weighted by atomic mass is 16.1. The maximum absolute atomic E-state index is 12.4. The first kappa shape index (κ1) is 15.1. The maximum atomic E-state index is 12.4. The SMILES string of the molecule is O=C1C[C@H](/C=C/c2ccccc2)Cc2nc(N3CCCC3)ncc21. The number of Topliss-reactive ketones (excluding diaryl/α,β-unsaturated/α-hetero) is 1. The van der Waals surface area contributed by atoms with Gasteiger partial charge in [-0.25, -0.2) is 9.97 Å². The number of allylic oxidation sites excluding steroid dienone is 1. The third-order valence-corrected chi connectivity index (χ3v) is 4.81. The van der Waals surface area contributed by atoms with Gasteiger partial charge in [0.1, 0.15) is 0 Å². The lowest BCUT2D eigenvalue weighted by Gasteiger charge is -2.22. The average Bonchev–Trinajstić information content (AvgIpc) is 3.15. The third kappa shape index (κ3) is 3.09. The zero-order valence-electron chi connectivity index (χ0n) is 13.7. The number of anilines is 1. The molecule has 2 aliphatic rings. The van der Waals surface area contributed by atoms with Crippen molar-refractivity contribution in [2.75, 3.05) is 18.0 Å². The Labute approximate surface area is 142 Å². The summed E-state index contributed by atoms with van der Waals surface area (Å²) in [6.07, 6.45) is 9.73. The highest BCUT2D eigenvalue weighted by Crippen LogP contribution is 2.27. The number of nitrogens with zero attached hydrogens (tertiary/aromatic N) is 3. The van der Waals surface area contributed by atoms with E-state index in [9.17, 15) is 4.79 Å². The van der Waals surface area contributed by atoms with Crippen molar-refractivity contribution < 1.29 is 4.79 Å². The Morgan fingerprint density at radius 2 is 1.88 bits per heavy atom. The molecule has 1 aliphatic carbocycles. The topological polar surface area (TPSA) is 46.1 Å². The Bertz CT molecular complexity index is 764. The zero-order valence-corrected chi connectivity index (χ0v) is 13.7. The lowest BCUT2D eigenvalue weighted by atomic mass is 9.86. The van der Waals surface area contributed by atoms with Crippen LogP contribution in [0.2, 0.25) is 0 Å². The van der Waals surface area contributed by atoms with Crippen molar-refractivity contribution in [3.05, 3.63) is 59.4 Å². The quantitative estimate of drug-likeness (QED) is 0.868. The van der Waals surface area contributed by atoms with E-state index in [0.29, 0.717) is 12.0 Å². The van der Waals surface area contributed by atoms with E-state index < -0.39 is 0 Å². The van der Waals surface area contributed by atoms with Crippen LogP contribution in [-0.4, -0.2) is 28.8 Å². The Morgan fingerprint density at radius 1 is 1.08 bits per heavy atom. The molecule has 0 spiro atoms. The van der Waals surface area contributed by atoms with Crippen LogP contribution in [0.5, 0.6) is 0 Å². The molecule has 122 valence electrons. The summed E-state index contributed by atoms with van der Waals surface area (Å²) in [5.41, 5.74) is 2.78. The summed E-state index contributed by atoms with van der Waals surface area (Å²) in [5.74, 6) is 1.16. The largest absolute Gasteiger partial charge is 0.341 e. The maximum Gasteiger partial charge on any atom is 0.225 e.